The Hall–Kier alpha value is -1.23. The Kier molecular flexibility index (Phi) is 3.96. The first kappa shape index (κ1) is 11.8. The van der Waals surface area contributed by atoms with Gasteiger partial charge in [0.25, 0.3) is 0 Å². The number of halogens is 3. The molecule has 0 aliphatic rings. The van der Waals surface area contributed by atoms with E-state index in [0.29, 0.717) is 13.2 Å². The second-order valence-corrected chi connectivity index (χ2v) is 2.83. The monoisotopic (exact) mass is 220 g/mol. The molecule has 0 atom stereocenters. The Labute approximate surface area is 85.6 Å². The molecule has 1 rings (SSSR count). The van der Waals surface area contributed by atoms with Crippen LogP contribution in [0.4, 0.5) is 13.2 Å². The van der Waals surface area contributed by atoms with Gasteiger partial charge in [-0.25, -0.2) is 0 Å². The molecular weight excluding hydrogens is 209 g/mol. The first-order valence-electron chi connectivity index (χ1n) is 4.43. The van der Waals surface area contributed by atoms with Gasteiger partial charge in [-0.3, -0.25) is 0 Å². The molecule has 1 aromatic carbocycles. The molecule has 0 radical (unpaired) electrons. The molecule has 0 fully saturated rings. The molecule has 0 spiro atoms. The van der Waals surface area contributed by atoms with E-state index >= 15 is 0 Å². The van der Waals surface area contributed by atoms with Gasteiger partial charge in [-0.05, 0) is 24.6 Å². The standard InChI is InChI=1S/C10H11F3O2/c1-2-14-7-8-3-5-9(6-4-8)15-10(11,12)13/h3-6H,2,7H2,1H3. The highest BCUT2D eigenvalue weighted by Gasteiger charge is 2.30. The summed E-state index contributed by atoms with van der Waals surface area (Å²) >= 11 is 0. The Balaban J connectivity index is 2.56. The van der Waals surface area contributed by atoms with Crippen LogP contribution in [0.15, 0.2) is 24.3 Å². The summed E-state index contributed by atoms with van der Waals surface area (Å²) < 4.78 is 44.2. The van der Waals surface area contributed by atoms with E-state index < -0.39 is 6.36 Å². The van der Waals surface area contributed by atoms with Crippen LogP contribution in [0.5, 0.6) is 5.75 Å². The first-order valence-corrected chi connectivity index (χ1v) is 4.43. The summed E-state index contributed by atoms with van der Waals surface area (Å²) in [5.74, 6) is -0.220. The predicted octanol–water partition coefficient (Wildman–Crippen LogP) is 3.12. The molecule has 0 saturated carbocycles. The van der Waals surface area contributed by atoms with Crippen molar-refractivity contribution in [2.45, 2.75) is 19.9 Å². The van der Waals surface area contributed by atoms with Crippen molar-refractivity contribution in [3.8, 4) is 5.75 Å². The van der Waals surface area contributed by atoms with Crippen molar-refractivity contribution < 1.29 is 22.6 Å². The molecule has 0 aliphatic carbocycles. The number of benzene rings is 1. The van der Waals surface area contributed by atoms with Gasteiger partial charge in [0, 0.05) is 6.61 Å². The number of hydrogen-bond donors (Lipinski definition) is 0. The zero-order valence-corrected chi connectivity index (χ0v) is 8.17. The third-order valence-electron chi connectivity index (χ3n) is 1.63. The smallest absolute Gasteiger partial charge is 0.406 e. The van der Waals surface area contributed by atoms with E-state index in [1.54, 1.807) is 0 Å². The molecule has 84 valence electrons. The van der Waals surface area contributed by atoms with Crippen LogP contribution in [0.2, 0.25) is 0 Å². The van der Waals surface area contributed by atoms with Crippen LogP contribution in [0, 0.1) is 0 Å². The molecule has 0 saturated heterocycles. The second-order valence-electron chi connectivity index (χ2n) is 2.83. The van der Waals surface area contributed by atoms with Crippen LogP contribution in [0.25, 0.3) is 0 Å². The summed E-state index contributed by atoms with van der Waals surface area (Å²) in [5, 5.41) is 0. The zero-order valence-electron chi connectivity index (χ0n) is 8.17. The van der Waals surface area contributed by atoms with Crippen LogP contribution < -0.4 is 4.74 Å². The summed E-state index contributed by atoms with van der Waals surface area (Å²) in [5.41, 5.74) is 0.811. The fourth-order valence-electron chi connectivity index (χ4n) is 1.01. The van der Waals surface area contributed by atoms with E-state index in [1.165, 1.54) is 24.3 Å². The normalized spacial score (nSPS) is 11.5. The van der Waals surface area contributed by atoms with Gasteiger partial charge in [0.05, 0.1) is 6.61 Å². The largest absolute Gasteiger partial charge is 0.573 e. The van der Waals surface area contributed by atoms with Gasteiger partial charge in [0.2, 0.25) is 0 Å². The van der Waals surface area contributed by atoms with Crippen molar-refractivity contribution in [1.29, 1.82) is 0 Å². The fraction of sp³-hybridized carbons (Fsp3) is 0.400. The lowest BCUT2D eigenvalue weighted by molar-refractivity contribution is -0.274. The minimum Gasteiger partial charge on any atom is -0.406 e. The van der Waals surface area contributed by atoms with Gasteiger partial charge in [-0.1, -0.05) is 12.1 Å². The second kappa shape index (κ2) is 5.02. The van der Waals surface area contributed by atoms with Crippen molar-refractivity contribution >= 4 is 0 Å². The van der Waals surface area contributed by atoms with Gasteiger partial charge >= 0.3 is 6.36 Å². The molecule has 0 aliphatic heterocycles. The van der Waals surface area contributed by atoms with Gasteiger partial charge < -0.3 is 9.47 Å². The summed E-state index contributed by atoms with van der Waals surface area (Å²) in [6, 6.07) is 5.61. The molecule has 0 unspecified atom stereocenters. The third-order valence-corrected chi connectivity index (χ3v) is 1.63. The topological polar surface area (TPSA) is 18.5 Å². The molecule has 0 aromatic heterocycles. The number of ether oxygens (including phenoxy) is 2. The maximum absolute atomic E-state index is 11.8. The van der Waals surface area contributed by atoms with Crippen molar-refractivity contribution in [3.63, 3.8) is 0 Å². The van der Waals surface area contributed by atoms with Gasteiger partial charge in [-0.2, -0.15) is 0 Å². The van der Waals surface area contributed by atoms with Gasteiger partial charge in [-0.15, -0.1) is 13.2 Å². The molecule has 0 bridgehead atoms. The summed E-state index contributed by atoms with van der Waals surface area (Å²) in [4.78, 5) is 0. The van der Waals surface area contributed by atoms with Crippen LogP contribution in [0.3, 0.4) is 0 Å². The zero-order chi connectivity index (χ0) is 11.3. The van der Waals surface area contributed by atoms with E-state index in [-0.39, 0.29) is 5.75 Å². The van der Waals surface area contributed by atoms with E-state index in [4.69, 9.17) is 4.74 Å². The predicted molar refractivity (Wildman–Crippen MR) is 48.5 cm³/mol. The van der Waals surface area contributed by atoms with Gasteiger partial charge in [0.1, 0.15) is 5.75 Å². The van der Waals surface area contributed by atoms with Crippen molar-refractivity contribution in [2.75, 3.05) is 6.61 Å². The molecule has 0 N–H and O–H groups in total. The number of alkyl halides is 3. The Bertz CT molecular complexity index is 293. The van der Waals surface area contributed by atoms with E-state index in [2.05, 4.69) is 4.74 Å². The molecule has 2 nitrogen and oxygen atoms in total. The molecule has 5 heteroatoms. The van der Waals surface area contributed by atoms with Crippen molar-refractivity contribution in [3.05, 3.63) is 29.8 Å². The molecule has 0 heterocycles. The van der Waals surface area contributed by atoms with E-state index in [1.807, 2.05) is 6.92 Å². The highest BCUT2D eigenvalue weighted by Crippen LogP contribution is 2.22. The Morgan fingerprint density at radius 1 is 1.13 bits per heavy atom. The van der Waals surface area contributed by atoms with Crippen molar-refractivity contribution in [1.82, 2.24) is 0 Å². The summed E-state index contributed by atoms with van der Waals surface area (Å²) in [7, 11) is 0. The lowest BCUT2D eigenvalue weighted by Gasteiger charge is -2.09. The highest BCUT2D eigenvalue weighted by molar-refractivity contribution is 5.26. The van der Waals surface area contributed by atoms with Gasteiger partial charge in [0.15, 0.2) is 0 Å². The number of hydrogen-bond acceptors (Lipinski definition) is 2. The maximum atomic E-state index is 11.8. The number of rotatable bonds is 4. The first-order chi connectivity index (χ1) is 7.01. The average molecular weight is 220 g/mol. The third kappa shape index (κ3) is 4.69. The minimum atomic E-state index is -4.64. The van der Waals surface area contributed by atoms with Crippen LogP contribution >= 0.6 is 0 Å². The van der Waals surface area contributed by atoms with Crippen LogP contribution in [0.1, 0.15) is 12.5 Å². The quantitative estimate of drug-likeness (QED) is 0.776. The average Bonchev–Trinajstić information content (AvgIpc) is 2.14. The molecule has 0 amide bonds. The molecule has 15 heavy (non-hydrogen) atoms. The lowest BCUT2D eigenvalue weighted by atomic mass is 10.2. The Morgan fingerprint density at radius 2 is 1.73 bits per heavy atom. The highest BCUT2D eigenvalue weighted by atomic mass is 19.4. The molecule has 1 aromatic rings. The molecular formula is C10H11F3O2. The summed E-state index contributed by atoms with van der Waals surface area (Å²) in [6.07, 6.45) is -4.64. The van der Waals surface area contributed by atoms with Crippen molar-refractivity contribution in [2.24, 2.45) is 0 Å². The SMILES string of the molecule is CCOCc1ccc(OC(F)(F)F)cc1. The maximum Gasteiger partial charge on any atom is 0.573 e. The fourth-order valence-corrected chi connectivity index (χ4v) is 1.01. The summed E-state index contributed by atoms with van der Waals surface area (Å²) in [6.45, 7) is 2.81. The van der Waals surface area contributed by atoms with Crippen LogP contribution in [-0.2, 0) is 11.3 Å². The van der Waals surface area contributed by atoms with E-state index in [0.717, 1.165) is 5.56 Å². The van der Waals surface area contributed by atoms with E-state index in [9.17, 15) is 13.2 Å². The minimum absolute atomic E-state index is 0.220. The Morgan fingerprint density at radius 3 is 2.20 bits per heavy atom. The lowest BCUT2D eigenvalue weighted by Crippen LogP contribution is -2.17. The van der Waals surface area contributed by atoms with Crippen LogP contribution in [-0.4, -0.2) is 13.0 Å².